The van der Waals surface area contributed by atoms with Gasteiger partial charge in [-0.3, -0.25) is 0 Å². The Bertz CT molecular complexity index is 1850. The molecule has 0 amide bonds. The Labute approximate surface area is 214 Å². The lowest BCUT2D eigenvalue weighted by Crippen LogP contribution is -1.94. The van der Waals surface area contributed by atoms with E-state index in [1.165, 1.54) is 16.7 Å². The van der Waals surface area contributed by atoms with Crippen molar-refractivity contribution in [1.82, 2.24) is 9.97 Å². The average Bonchev–Trinajstić information content (AvgIpc) is 3.36. The predicted molar refractivity (Wildman–Crippen MR) is 151 cm³/mol. The highest BCUT2D eigenvalue weighted by Gasteiger charge is 2.17. The second-order valence-electron chi connectivity index (χ2n) is 9.06. The van der Waals surface area contributed by atoms with Crippen molar-refractivity contribution >= 4 is 22.1 Å². The number of fused-ring (bicyclic) bond motifs is 3. The van der Waals surface area contributed by atoms with Crippen LogP contribution in [-0.4, -0.2) is 9.97 Å². The molecule has 7 rings (SSSR count). The highest BCUT2D eigenvalue weighted by Crippen LogP contribution is 2.36. The van der Waals surface area contributed by atoms with Crippen molar-refractivity contribution in [1.29, 1.82) is 0 Å². The molecule has 0 bridgehead atoms. The molecule has 0 saturated heterocycles. The van der Waals surface area contributed by atoms with Gasteiger partial charge in [-0.15, -0.1) is 0 Å². The van der Waals surface area contributed by atoms with Crippen molar-refractivity contribution in [2.24, 2.45) is 0 Å². The van der Waals surface area contributed by atoms with Gasteiger partial charge in [0.05, 0.1) is 0 Å². The Morgan fingerprint density at radius 1 is 0.432 bits per heavy atom. The summed E-state index contributed by atoms with van der Waals surface area (Å²) in [5, 5.41) is 0.993. The van der Waals surface area contributed by atoms with E-state index < -0.39 is 0 Å². The quantitative estimate of drug-likeness (QED) is 0.255. The van der Waals surface area contributed by atoms with Crippen molar-refractivity contribution in [3.05, 3.63) is 133 Å². The first-order valence-electron chi connectivity index (χ1n) is 12.3. The smallest absolute Gasteiger partial charge is 0.180 e. The van der Waals surface area contributed by atoms with E-state index in [0.717, 1.165) is 38.9 Å². The van der Waals surface area contributed by atoms with Gasteiger partial charge >= 0.3 is 0 Å². The Kier molecular flexibility index (Phi) is 5.11. The fourth-order valence-corrected chi connectivity index (χ4v) is 4.83. The molecule has 37 heavy (non-hydrogen) atoms. The molecule has 0 aliphatic rings. The van der Waals surface area contributed by atoms with Crippen LogP contribution in [0.2, 0.25) is 0 Å². The van der Waals surface area contributed by atoms with E-state index in [2.05, 4.69) is 91.0 Å². The van der Waals surface area contributed by atoms with Gasteiger partial charge in [0.15, 0.2) is 11.4 Å². The number of hydrogen-bond donors (Lipinski definition) is 0. The minimum atomic E-state index is 0.683. The van der Waals surface area contributed by atoms with Crippen molar-refractivity contribution < 1.29 is 4.42 Å². The summed E-state index contributed by atoms with van der Waals surface area (Å²) in [6.07, 6.45) is 0. The van der Waals surface area contributed by atoms with Crippen LogP contribution in [0.3, 0.4) is 0 Å². The number of nitrogens with zero attached hydrogens (tertiary/aromatic N) is 2. The van der Waals surface area contributed by atoms with Crippen LogP contribution in [0.1, 0.15) is 0 Å². The van der Waals surface area contributed by atoms with Crippen molar-refractivity contribution in [2.75, 3.05) is 0 Å². The molecular weight excluding hydrogens is 452 g/mol. The topological polar surface area (TPSA) is 38.9 Å². The summed E-state index contributed by atoms with van der Waals surface area (Å²) < 4.78 is 6.23. The van der Waals surface area contributed by atoms with Gasteiger partial charge in [-0.05, 0) is 40.5 Å². The standard InChI is InChI=1S/C34H22N2O/c1-3-10-23(11-4-1)27-14-9-15-28(22-27)24-18-20-26(21-19-24)34-35-31(25-12-5-2-6-13-25)33-32(36-34)29-16-7-8-17-30(29)37-33/h1-22H. The molecule has 7 aromatic rings. The molecule has 5 aromatic carbocycles. The van der Waals surface area contributed by atoms with E-state index in [0.29, 0.717) is 11.4 Å². The summed E-state index contributed by atoms with van der Waals surface area (Å²) in [5.41, 5.74) is 9.88. The van der Waals surface area contributed by atoms with Crippen LogP contribution < -0.4 is 0 Å². The zero-order valence-electron chi connectivity index (χ0n) is 20.0. The van der Waals surface area contributed by atoms with Crippen molar-refractivity contribution in [3.8, 4) is 44.9 Å². The van der Waals surface area contributed by atoms with Crippen LogP contribution in [-0.2, 0) is 0 Å². The van der Waals surface area contributed by atoms with E-state index in [9.17, 15) is 0 Å². The van der Waals surface area contributed by atoms with Crippen LogP contribution in [0.25, 0.3) is 67.0 Å². The van der Waals surface area contributed by atoms with Crippen molar-refractivity contribution in [3.63, 3.8) is 0 Å². The summed E-state index contributed by atoms with van der Waals surface area (Å²) in [7, 11) is 0. The average molecular weight is 475 g/mol. The maximum atomic E-state index is 6.23. The van der Waals surface area contributed by atoms with E-state index in [4.69, 9.17) is 14.4 Å². The fourth-order valence-electron chi connectivity index (χ4n) is 4.83. The minimum Gasteiger partial charge on any atom is -0.452 e. The molecule has 2 heterocycles. The van der Waals surface area contributed by atoms with Gasteiger partial charge in [-0.1, -0.05) is 115 Å². The predicted octanol–water partition coefficient (Wildman–Crippen LogP) is 9.04. The molecule has 0 radical (unpaired) electrons. The van der Waals surface area contributed by atoms with Gasteiger partial charge in [0.25, 0.3) is 0 Å². The third-order valence-electron chi connectivity index (χ3n) is 6.71. The van der Waals surface area contributed by atoms with Crippen LogP contribution >= 0.6 is 0 Å². The van der Waals surface area contributed by atoms with Gasteiger partial charge in [0, 0.05) is 16.5 Å². The van der Waals surface area contributed by atoms with Crippen LogP contribution in [0.5, 0.6) is 0 Å². The number of para-hydroxylation sites is 1. The number of benzene rings is 5. The zero-order chi connectivity index (χ0) is 24.6. The third-order valence-corrected chi connectivity index (χ3v) is 6.71. The number of furan rings is 1. The lowest BCUT2D eigenvalue weighted by molar-refractivity contribution is 0.667. The second-order valence-corrected chi connectivity index (χ2v) is 9.06. The largest absolute Gasteiger partial charge is 0.452 e. The molecular formula is C34H22N2O. The Morgan fingerprint density at radius 2 is 1.00 bits per heavy atom. The molecule has 0 spiro atoms. The highest BCUT2D eigenvalue weighted by molar-refractivity contribution is 6.07. The number of hydrogen-bond acceptors (Lipinski definition) is 3. The molecule has 0 saturated carbocycles. The van der Waals surface area contributed by atoms with E-state index in [1.54, 1.807) is 0 Å². The van der Waals surface area contributed by atoms with Crippen LogP contribution in [0.15, 0.2) is 138 Å². The Morgan fingerprint density at radius 3 is 1.73 bits per heavy atom. The molecule has 0 unspecified atom stereocenters. The SMILES string of the molecule is c1ccc(-c2cccc(-c3ccc(-c4nc(-c5ccccc5)c5oc6ccccc6c5n4)cc3)c2)cc1. The van der Waals surface area contributed by atoms with Crippen LogP contribution in [0, 0.1) is 0 Å². The van der Waals surface area contributed by atoms with E-state index in [-0.39, 0.29) is 0 Å². The van der Waals surface area contributed by atoms with Gasteiger partial charge in [-0.2, -0.15) is 0 Å². The Hall–Kier alpha value is -5.02. The fraction of sp³-hybridized carbons (Fsp3) is 0. The number of aromatic nitrogens is 2. The minimum absolute atomic E-state index is 0.683. The Balaban J connectivity index is 1.33. The van der Waals surface area contributed by atoms with Gasteiger partial charge < -0.3 is 4.42 Å². The molecule has 0 aliphatic carbocycles. The van der Waals surface area contributed by atoms with Gasteiger partial charge in [-0.25, -0.2) is 9.97 Å². The maximum absolute atomic E-state index is 6.23. The number of rotatable bonds is 4. The lowest BCUT2D eigenvalue weighted by atomic mass is 9.98. The third kappa shape index (κ3) is 3.87. The van der Waals surface area contributed by atoms with E-state index in [1.807, 2.05) is 42.5 Å². The summed E-state index contributed by atoms with van der Waals surface area (Å²) in [4.78, 5) is 9.96. The maximum Gasteiger partial charge on any atom is 0.180 e. The monoisotopic (exact) mass is 474 g/mol. The first-order chi connectivity index (χ1) is 18.3. The molecule has 2 aromatic heterocycles. The van der Waals surface area contributed by atoms with Crippen molar-refractivity contribution in [2.45, 2.75) is 0 Å². The molecule has 3 nitrogen and oxygen atoms in total. The van der Waals surface area contributed by atoms with Crippen LogP contribution in [0.4, 0.5) is 0 Å². The summed E-state index contributed by atoms with van der Waals surface area (Å²) >= 11 is 0. The first kappa shape index (κ1) is 21.3. The summed E-state index contributed by atoms with van der Waals surface area (Å²) in [6.45, 7) is 0. The van der Waals surface area contributed by atoms with Gasteiger partial charge in [0.1, 0.15) is 16.8 Å². The molecule has 3 heteroatoms. The summed E-state index contributed by atoms with van der Waals surface area (Å²) in [6, 6.07) is 45.8. The molecule has 0 atom stereocenters. The molecule has 0 N–H and O–H groups in total. The van der Waals surface area contributed by atoms with Gasteiger partial charge in [0.2, 0.25) is 0 Å². The molecule has 0 fully saturated rings. The zero-order valence-corrected chi connectivity index (χ0v) is 20.0. The second kappa shape index (κ2) is 8.89. The first-order valence-corrected chi connectivity index (χ1v) is 12.3. The summed E-state index contributed by atoms with van der Waals surface area (Å²) in [5.74, 6) is 0.683. The highest BCUT2D eigenvalue weighted by atomic mass is 16.3. The molecule has 174 valence electrons. The molecule has 0 aliphatic heterocycles. The normalized spacial score (nSPS) is 11.2. The lowest BCUT2D eigenvalue weighted by Gasteiger charge is -2.08. The van der Waals surface area contributed by atoms with E-state index >= 15 is 0 Å².